The van der Waals surface area contributed by atoms with Crippen molar-refractivity contribution >= 4 is 35.1 Å². The molecular weight excluding hydrogens is 392 g/mol. The third kappa shape index (κ3) is 4.52. The lowest BCUT2D eigenvalue weighted by molar-refractivity contribution is -0.111. The van der Waals surface area contributed by atoms with Crippen molar-refractivity contribution in [1.82, 2.24) is 9.78 Å². The summed E-state index contributed by atoms with van der Waals surface area (Å²) in [6, 6.07) is 5.07. The first-order valence-electron chi connectivity index (χ1n) is 8.08. The third-order valence-electron chi connectivity index (χ3n) is 3.71. The summed E-state index contributed by atoms with van der Waals surface area (Å²) < 4.78 is 34.0. The molecule has 0 aliphatic carbocycles. The molecule has 0 aliphatic rings. The standard InChI is InChI=1S/C19H14ClF2N3O3/c1-11(26)17-6-2-13(28-17)10-25-9-12(8-23-25)24-18(27)7-3-14-15(21)4-5-16(22)19(14)20/h2-9H,10H2,1H3,(H,24,27). The fourth-order valence-electron chi connectivity index (χ4n) is 2.36. The largest absolute Gasteiger partial charge is 0.456 e. The molecule has 0 aliphatic heterocycles. The summed E-state index contributed by atoms with van der Waals surface area (Å²) in [5.41, 5.74) is 0.172. The molecule has 0 saturated carbocycles. The number of nitrogens with zero attached hydrogens (tertiary/aromatic N) is 2. The number of carbonyl (C=O) groups is 2. The Kier molecular flexibility index (Phi) is 5.70. The van der Waals surface area contributed by atoms with Crippen LogP contribution in [-0.4, -0.2) is 21.5 Å². The van der Waals surface area contributed by atoms with Gasteiger partial charge in [0.1, 0.15) is 17.4 Å². The number of anilines is 1. The molecule has 9 heteroatoms. The monoisotopic (exact) mass is 405 g/mol. The minimum atomic E-state index is -0.782. The second-order valence-electron chi connectivity index (χ2n) is 5.83. The van der Waals surface area contributed by atoms with Gasteiger partial charge < -0.3 is 9.73 Å². The number of halogens is 3. The highest BCUT2D eigenvalue weighted by molar-refractivity contribution is 6.32. The molecule has 0 unspecified atom stereocenters. The van der Waals surface area contributed by atoms with Crippen LogP contribution in [0.2, 0.25) is 5.02 Å². The zero-order valence-corrected chi connectivity index (χ0v) is 15.3. The van der Waals surface area contributed by atoms with Gasteiger partial charge in [-0.2, -0.15) is 5.10 Å². The molecule has 0 atom stereocenters. The molecule has 1 N–H and O–H groups in total. The van der Waals surface area contributed by atoms with Crippen LogP contribution in [0.4, 0.5) is 14.5 Å². The topological polar surface area (TPSA) is 77.1 Å². The number of ketones is 1. The maximum absolute atomic E-state index is 13.7. The van der Waals surface area contributed by atoms with Crippen molar-refractivity contribution in [3.8, 4) is 0 Å². The zero-order chi connectivity index (χ0) is 20.3. The van der Waals surface area contributed by atoms with Crippen molar-refractivity contribution < 1.29 is 22.8 Å². The van der Waals surface area contributed by atoms with Crippen LogP contribution in [0.25, 0.3) is 6.08 Å². The summed E-state index contributed by atoms with van der Waals surface area (Å²) in [5.74, 6) is -1.49. The zero-order valence-electron chi connectivity index (χ0n) is 14.6. The average molecular weight is 406 g/mol. The molecule has 2 heterocycles. The number of aromatic nitrogens is 2. The van der Waals surface area contributed by atoms with Gasteiger partial charge in [0.2, 0.25) is 5.91 Å². The molecule has 0 spiro atoms. The Labute approximate surface area is 163 Å². The van der Waals surface area contributed by atoms with Gasteiger partial charge in [0.25, 0.3) is 0 Å². The summed E-state index contributed by atoms with van der Waals surface area (Å²) in [7, 11) is 0. The second-order valence-corrected chi connectivity index (χ2v) is 6.21. The fourth-order valence-corrected chi connectivity index (χ4v) is 2.58. The molecule has 0 radical (unpaired) electrons. The molecule has 3 aromatic rings. The van der Waals surface area contributed by atoms with Crippen LogP contribution in [-0.2, 0) is 11.3 Å². The van der Waals surface area contributed by atoms with E-state index in [1.165, 1.54) is 17.8 Å². The van der Waals surface area contributed by atoms with E-state index in [0.29, 0.717) is 11.4 Å². The number of Topliss-reactive ketones (excluding diaryl/α,β-unsaturated/α-hetero) is 1. The van der Waals surface area contributed by atoms with Gasteiger partial charge in [0, 0.05) is 24.8 Å². The summed E-state index contributed by atoms with van der Waals surface area (Å²) in [6.07, 6.45) is 5.09. The Balaban J connectivity index is 1.64. The predicted octanol–water partition coefficient (Wildman–Crippen LogP) is 4.31. The number of rotatable bonds is 6. The van der Waals surface area contributed by atoms with E-state index in [0.717, 1.165) is 24.3 Å². The first-order chi connectivity index (χ1) is 13.3. The van der Waals surface area contributed by atoms with E-state index in [2.05, 4.69) is 10.4 Å². The molecule has 0 bridgehead atoms. The lowest BCUT2D eigenvalue weighted by atomic mass is 10.2. The fraction of sp³-hybridized carbons (Fsp3) is 0.105. The van der Waals surface area contributed by atoms with Crippen LogP contribution < -0.4 is 5.32 Å². The highest BCUT2D eigenvalue weighted by Crippen LogP contribution is 2.24. The molecule has 0 fully saturated rings. The highest BCUT2D eigenvalue weighted by atomic mass is 35.5. The highest BCUT2D eigenvalue weighted by Gasteiger charge is 2.11. The van der Waals surface area contributed by atoms with Crippen molar-refractivity contribution in [2.24, 2.45) is 0 Å². The summed E-state index contributed by atoms with van der Waals surface area (Å²) >= 11 is 5.70. The molecule has 1 amide bonds. The van der Waals surface area contributed by atoms with Gasteiger partial charge in [-0.1, -0.05) is 11.6 Å². The van der Waals surface area contributed by atoms with Crippen molar-refractivity contribution in [2.45, 2.75) is 13.5 Å². The number of furan rings is 1. The minimum absolute atomic E-state index is 0.179. The maximum Gasteiger partial charge on any atom is 0.248 e. The number of hydrogen-bond donors (Lipinski definition) is 1. The molecule has 6 nitrogen and oxygen atoms in total. The van der Waals surface area contributed by atoms with Gasteiger partial charge in [-0.15, -0.1) is 0 Å². The van der Waals surface area contributed by atoms with E-state index in [9.17, 15) is 18.4 Å². The van der Waals surface area contributed by atoms with E-state index in [4.69, 9.17) is 16.0 Å². The van der Waals surface area contributed by atoms with Crippen LogP contribution in [0.5, 0.6) is 0 Å². The Morgan fingerprint density at radius 3 is 2.71 bits per heavy atom. The number of amides is 1. The number of nitrogens with one attached hydrogen (secondary N) is 1. The van der Waals surface area contributed by atoms with Gasteiger partial charge in [0.15, 0.2) is 11.5 Å². The molecule has 28 heavy (non-hydrogen) atoms. The number of benzene rings is 1. The number of carbonyl (C=O) groups excluding carboxylic acids is 2. The average Bonchev–Trinajstić information content (AvgIpc) is 3.28. The second kappa shape index (κ2) is 8.18. The van der Waals surface area contributed by atoms with Crippen molar-refractivity contribution in [3.05, 3.63) is 76.5 Å². The van der Waals surface area contributed by atoms with Gasteiger partial charge in [-0.25, -0.2) is 8.78 Å². The Morgan fingerprint density at radius 2 is 2.00 bits per heavy atom. The van der Waals surface area contributed by atoms with E-state index < -0.39 is 22.6 Å². The molecule has 144 valence electrons. The smallest absolute Gasteiger partial charge is 0.248 e. The Bertz CT molecular complexity index is 1070. The van der Waals surface area contributed by atoms with Crippen molar-refractivity contribution in [3.63, 3.8) is 0 Å². The quantitative estimate of drug-likeness (QED) is 0.376. The summed E-state index contributed by atoms with van der Waals surface area (Å²) in [5, 5.41) is 6.22. The van der Waals surface area contributed by atoms with Crippen LogP contribution >= 0.6 is 11.6 Å². The third-order valence-corrected chi connectivity index (χ3v) is 4.09. The predicted molar refractivity (Wildman–Crippen MR) is 99.1 cm³/mol. The van der Waals surface area contributed by atoms with Crippen LogP contribution in [0.1, 0.15) is 28.8 Å². The minimum Gasteiger partial charge on any atom is -0.456 e. The van der Waals surface area contributed by atoms with Gasteiger partial charge >= 0.3 is 0 Å². The first-order valence-corrected chi connectivity index (χ1v) is 8.46. The maximum atomic E-state index is 13.7. The summed E-state index contributed by atoms with van der Waals surface area (Å²) in [4.78, 5) is 23.2. The van der Waals surface area contributed by atoms with Crippen LogP contribution in [0.3, 0.4) is 0 Å². The van der Waals surface area contributed by atoms with E-state index in [1.807, 2.05) is 0 Å². The van der Waals surface area contributed by atoms with Crippen molar-refractivity contribution in [1.29, 1.82) is 0 Å². The molecule has 3 rings (SSSR count). The molecular formula is C19H14ClF2N3O3. The van der Waals surface area contributed by atoms with E-state index in [1.54, 1.807) is 18.3 Å². The summed E-state index contributed by atoms with van der Waals surface area (Å²) in [6.45, 7) is 1.67. The molecule has 2 aromatic heterocycles. The van der Waals surface area contributed by atoms with Crippen LogP contribution in [0, 0.1) is 11.6 Å². The molecule has 0 saturated heterocycles. The van der Waals surface area contributed by atoms with E-state index >= 15 is 0 Å². The van der Waals surface area contributed by atoms with Gasteiger partial charge in [-0.3, -0.25) is 14.3 Å². The van der Waals surface area contributed by atoms with Gasteiger partial charge in [-0.05, 0) is 30.3 Å². The molecule has 1 aromatic carbocycles. The SMILES string of the molecule is CC(=O)c1ccc(Cn2cc(NC(=O)C=Cc3c(F)ccc(F)c3Cl)cn2)o1. The number of hydrogen-bond acceptors (Lipinski definition) is 4. The lowest BCUT2D eigenvalue weighted by Crippen LogP contribution is -2.07. The lowest BCUT2D eigenvalue weighted by Gasteiger charge is -2.02. The van der Waals surface area contributed by atoms with E-state index in [-0.39, 0.29) is 23.7 Å². The first kappa shape index (κ1) is 19.5. The van der Waals surface area contributed by atoms with Crippen molar-refractivity contribution in [2.75, 3.05) is 5.32 Å². The Morgan fingerprint density at radius 1 is 1.25 bits per heavy atom. The normalized spacial score (nSPS) is 11.1. The van der Waals surface area contributed by atoms with Gasteiger partial charge in [0.05, 0.1) is 23.5 Å². The van der Waals surface area contributed by atoms with Crippen LogP contribution in [0.15, 0.2) is 47.2 Å². The Hall–Kier alpha value is -3.26.